The van der Waals surface area contributed by atoms with Gasteiger partial charge in [-0.2, -0.15) is 0 Å². The molecular weight excluding hydrogens is 442 g/mol. The van der Waals surface area contributed by atoms with E-state index in [4.69, 9.17) is 13.8 Å². The third-order valence-electron chi connectivity index (χ3n) is 6.93. The van der Waals surface area contributed by atoms with Crippen LogP contribution in [0.3, 0.4) is 0 Å². The van der Waals surface area contributed by atoms with E-state index in [-0.39, 0.29) is 5.41 Å². The molecule has 0 bridgehead atoms. The third-order valence-corrected chi connectivity index (χ3v) is 6.93. The highest BCUT2D eigenvalue weighted by molar-refractivity contribution is 6.00. The minimum Gasteiger partial charge on any atom is -0.464 e. The van der Waals surface area contributed by atoms with Crippen molar-refractivity contribution in [3.05, 3.63) is 90.3 Å². The molecule has 0 unspecified atom stereocenters. The molecule has 0 N–H and O–H groups in total. The Labute approximate surface area is 211 Å². The first-order valence-electron chi connectivity index (χ1n) is 12.7. The molecule has 3 heterocycles. The molecule has 0 atom stereocenters. The lowest BCUT2D eigenvalue weighted by molar-refractivity contribution is 0.596. The summed E-state index contributed by atoms with van der Waals surface area (Å²) >= 11 is 0. The average molecular weight is 474 g/mol. The molecule has 3 heteroatoms. The van der Waals surface area contributed by atoms with Gasteiger partial charge in [0, 0.05) is 22.5 Å². The van der Waals surface area contributed by atoms with Crippen LogP contribution in [0.25, 0.3) is 55.3 Å². The second kappa shape index (κ2) is 8.37. The van der Waals surface area contributed by atoms with Crippen LogP contribution in [-0.2, 0) is 11.8 Å². The first-order valence-corrected chi connectivity index (χ1v) is 12.7. The molecule has 3 aromatic carbocycles. The third kappa shape index (κ3) is 3.89. The molecule has 6 aromatic rings. The van der Waals surface area contributed by atoms with E-state index >= 15 is 0 Å². The van der Waals surface area contributed by atoms with Crippen molar-refractivity contribution in [2.45, 2.75) is 46.5 Å². The summed E-state index contributed by atoms with van der Waals surface area (Å²) in [5, 5.41) is 4.59. The fourth-order valence-corrected chi connectivity index (χ4v) is 5.23. The molecule has 0 aliphatic heterocycles. The van der Waals surface area contributed by atoms with E-state index < -0.39 is 0 Å². The van der Waals surface area contributed by atoms with E-state index in [1.54, 1.807) is 0 Å². The van der Waals surface area contributed by atoms with E-state index in [2.05, 4.69) is 95.3 Å². The number of rotatable bonds is 4. The Kier molecular flexibility index (Phi) is 5.26. The Balaban J connectivity index is 1.50. The van der Waals surface area contributed by atoms with Crippen LogP contribution in [0.2, 0.25) is 0 Å². The van der Waals surface area contributed by atoms with Crippen molar-refractivity contribution in [3.8, 4) is 22.6 Å². The lowest BCUT2D eigenvalue weighted by atomic mass is 9.82. The number of hydrogen-bond acceptors (Lipinski definition) is 3. The van der Waals surface area contributed by atoms with E-state index in [0.29, 0.717) is 5.92 Å². The Morgan fingerprint density at radius 1 is 0.861 bits per heavy atom. The van der Waals surface area contributed by atoms with Crippen LogP contribution in [0.5, 0.6) is 0 Å². The van der Waals surface area contributed by atoms with E-state index in [0.717, 1.165) is 50.9 Å². The zero-order valence-corrected chi connectivity index (χ0v) is 21.6. The fourth-order valence-electron chi connectivity index (χ4n) is 5.23. The molecule has 0 spiro atoms. The quantitative estimate of drug-likeness (QED) is 0.256. The highest BCUT2D eigenvalue weighted by Crippen LogP contribution is 2.40. The largest absolute Gasteiger partial charge is 0.464 e. The normalized spacial score (nSPS) is 12.4. The van der Waals surface area contributed by atoms with Gasteiger partial charge in [0.2, 0.25) is 0 Å². The second-order valence-corrected chi connectivity index (χ2v) is 11.3. The Morgan fingerprint density at radius 2 is 1.69 bits per heavy atom. The number of hydrogen-bond donors (Lipinski definition) is 0. The van der Waals surface area contributed by atoms with Gasteiger partial charge in [0.15, 0.2) is 5.58 Å². The van der Waals surface area contributed by atoms with Crippen LogP contribution in [0.4, 0.5) is 0 Å². The average Bonchev–Trinajstić information content (AvgIpc) is 3.46. The molecule has 180 valence electrons. The van der Waals surface area contributed by atoms with Crippen LogP contribution in [0.1, 0.15) is 45.7 Å². The van der Waals surface area contributed by atoms with Crippen molar-refractivity contribution in [2.24, 2.45) is 5.92 Å². The lowest BCUT2D eigenvalue weighted by Gasteiger charge is -2.22. The van der Waals surface area contributed by atoms with E-state index in [1.807, 2.05) is 18.5 Å². The SMILES string of the molecule is CC(C)Cc1ccc2c(-c3cc4ccnc(-c5cc(C(C)(C)C)c6ccccc6c5)c4o3)coc2c1. The second-order valence-electron chi connectivity index (χ2n) is 11.3. The van der Waals surface area contributed by atoms with Crippen molar-refractivity contribution < 1.29 is 8.83 Å². The predicted octanol–water partition coefficient (Wildman–Crippen LogP) is 9.56. The summed E-state index contributed by atoms with van der Waals surface area (Å²) in [5.41, 5.74) is 7.20. The van der Waals surface area contributed by atoms with Crippen LogP contribution < -0.4 is 0 Å². The first-order chi connectivity index (χ1) is 17.3. The molecule has 3 nitrogen and oxygen atoms in total. The number of furan rings is 2. The summed E-state index contributed by atoms with van der Waals surface area (Å²) in [6.07, 6.45) is 4.71. The van der Waals surface area contributed by atoms with Crippen molar-refractivity contribution in [2.75, 3.05) is 0 Å². The minimum atomic E-state index is 0.00195. The standard InChI is InChI=1S/C33H31NO2/c1-20(2)14-21-10-11-26-27(19-35-29(26)15-21)30-18-23-12-13-34-31(32(23)36-30)24-16-22-8-6-7-9-25(22)28(17-24)33(3,4)5/h6-13,15-20H,14H2,1-5H3. The Hall–Kier alpha value is -3.85. The molecule has 0 fully saturated rings. The Morgan fingerprint density at radius 3 is 2.50 bits per heavy atom. The molecule has 0 saturated carbocycles. The van der Waals surface area contributed by atoms with Gasteiger partial charge in [-0.05, 0) is 70.0 Å². The monoisotopic (exact) mass is 473 g/mol. The number of fused-ring (bicyclic) bond motifs is 3. The molecular formula is C33H31NO2. The summed E-state index contributed by atoms with van der Waals surface area (Å²) in [6.45, 7) is 11.2. The van der Waals surface area contributed by atoms with Crippen LogP contribution in [0.15, 0.2) is 88.0 Å². The van der Waals surface area contributed by atoms with Crippen molar-refractivity contribution in [3.63, 3.8) is 0 Å². The van der Waals surface area contributed by atoms with Gasteiger partial charge >= 0.3 is 0 Å². The molecule has 0 saturated heterocycles. The van der Waals surface area contributed by atoms with Gasteiger partial charge in [0.1, 0.15) is 23.3 Å². The predicted molar refractivity (Wildman–Crippen MR) is 149 cm³/mol. The molecule has 0 aliphatic carbocycles. The lowest BCUT2D eigenvalue weighted by Crippen LogP contribution is -2.12. The number of pyridine rings is 1. The van der Waals surface area contributed by atoms with Crippen LogP contribution >= 0.6 is 0 Å². The van der Waals surface area contributed by atoms with E-state index in [1.165, 1.54) is 21.9 Å². The number of nitrogens with zero attached hydrogens (tertiary/aromatic N) is 1. The highest BCUT2D eigenvalue weighted by atomic mass is 16.3. The zero-order chi connectivity index (χ0) is 25.0. The van der Waals surface area contributed by atoms with Crippen molar-refractivity contribution >= 4 is 32.7 Å². The summed E-state index contributed by atoms with van der Waals surface area (Å²) in [6, 6.07) is 23.7. The summed E-state index contributed by atoms with van der Waals surface area (Å²) in [7, 11) is 0. The van der Waals surface area contributed by atoms with Gasteiger partial charge in [0.05, 0.1) is 5.56 Å². The van der Waals surface area contributed by atoms with Gasteiger partial charge in [-0.1, -0.05) is 71.0 Å². The number of aromatic nitrogens is 1. The highest BCUT2D eigenvalue weighted by Gasteiger charge is 2.21. The van der Waals surface area contributed by atoms with Gasteiger partial charge in [-0.15, -0.1) is 0 Å². The van der Waals surface area contributed by atoms with Crippen molar-refractivity contribution in [1.29, 1.82) is 0 Å². The van der Waals surface area contributed by atoms with Crippen molar-refractivity contribution in [1.82, 2.24) is 4.98 Å². The van der Waals surface area contributed by atoms with Crippen LogP contribution in [0, 0.1) is 5.92 Å². The van der Waals surface area contributed by atoms with Gasteiger partial charge in [-0.3, -0.25) is 4.98 Å². The van der Waals surface area contributed by atoms with Crippen LogP contribution in [-0.4, -0.2) is 4.98 Å². The molecule has 0 amide bonds. The summed E-state index contributed by atoms with van der Waals surface area (Å²) in [4.78, 5) is 4.79. The topological polar surface area (TPSA) is 39.2 Å². The van der Waals surface area contributed by atoms with E-state index in [9.17, 15) is 0 Å². The molecule has 0 radical (unpaired) electrons. The summed E-state index contributed by atoms with van der Waals surface area (Å²) < 4.78 is 12.5. The van der Waals surface area contributed by atoms with Gasteiger partial charge in [-0.25, -0.2) is 0 Å². The van der Waals surface area contributed by atoms with Gasteiger partial charge < -0.3 is 8.83 Å². The molecule has 3 aromatic heterocycles. The van der Waals surface area contributed by atoms with Gasteiger partial charge in [0.25, 0.3) is 0 Å². The molecule has 0 aliphatic rings. The minimum absolute atomic E-state index is 0.00195. The maximum Gasteiger partial charge on any atom is 0.161 e. The fraction of sp³-hybridized carbons (Fsp3) is 0.242. The Bertz CT molecular complexity index is 1730. The first kappa shape index (κ1) is 22.6. The zero-order valence-electron chi connectivity index (χ0n) is 21.6. The summed E-state index contributed by atoms with van der Waals surface area (Å²) in [5.74, 6) is 1.40. The number of benzene rings is 3. The molecule has 6 rings (SSSR count). The maximum absolute atomic E-state index is 6.52. The maximum atomic E-state index is 6.52. The smallest absolute Gasteiger partial charge is 0.161 e. The molecule has 36 heavy (non-hydrogen) atoms.